The maximum absolute atomic E-state index is 13.5. The van der Waals surface area contributed by atoms with Crippen LogP contribution in [0.15, 0.2) is 48.5 Å². The Bertz CT molecular complexity index is 1090. The molecule has 0 bridgehead atoms. The summed E-state index contributed by atoms with van der Waals surface area (Å²) in [5.41, 5.74) is 2.34. The van der Waals surface area contributed by atoms with E-state index in [1.165, 1.54) is 32.1 Å². The van der Waals surface area contributed by atoms with Crippen LogP contribution in [0.4, 0.5) is 5.69 Å². The SMILES string of the molecule is C[C@H](CO)N1C[C@H](C)[C@@H](CN(C)CC2CCCCC2)Oc2ccc(NC(=O)Cc3ccccc3)cc2CC1=O. The number of aliphatic hydroxyl groups is 1. The van der Waals surface area contributed by atoms with Gasteiger partial charge in [-0.15, -0.1) is 0 Å². The monoisotopic (exact) mass is 535 g/mol. The number of hydrogen-bond donors (Lipinski definition) is 2. The third-order valence-corrected chi connectivity index (χ3v) is 8.19. The molecule has 0 spiro atoms. The van der Waals surface area contributed by atoms with Crippen molar-refractivity contribution < 1.29 is 19.4 Å². The lowest BCUT2D eigenvalue weighted by Crippen LogP contribution is -2.48. The molecule has 4 rings (SSSR count). The summed E-state index contributed by atoms with van der Waals surface area (Å²) in [4.78, 5) is 30.3. The van der Waals surface area contributed by atoms with E-state index in [0.717, 1.165) is 30.1 Å². The van der Waals surface area contributed by atoms with E-state index in [-0.39, 0.29) is 49.3 Å². The third kappa shape index (κ3) is 8.29. The summed E-state index contributed by atoms with van der Waals surface area (Å²) in [5.74, 6) is 1.34. The van der Waals surface area contributed by atoms with Crippen LogP contribution in [0, 0.1) is 11.8 Å². The topological polar surface area (TPSA) is 82.1 Å². The molecule has 0 aromatic heterocycles. The van der Waals surface area contributed by atoms with Crippen LogP contribution in [0.3, 0.4) is 0 Å². The number of anilines is 1. The first-order valence-corrected chi connectivity index (χ1v) is 14.5. The zero-order valence-corrected chi connectivity index (χ0v) is 23.8. The highest BCUT2D eigenvalue weighted by atomic mass is 16.5. The third-order valence-electron chi connectivity index (χ3n) is 8.19. The highest BCUT2D eigenvalue weighted by Crippen LogP contribution is 2.30. The summed E-state index contributed by atoms with van der Waals surface area (Å²) >= 11 is 0. The van der Waals surface area contributed by atoms with Gasteiger partial charge in [0.05, 0.1) is 25.5 Å². The molecule has 0 radical (unpaired) electrons. The highest BCUT2D eigenvalue weighted by Gasteiger charge is 2.31. The zero-order valence-electron chi connectivity index (χ0n) is 23.8. The average Bonchev–Trinajstić information content (AvgIpc) is 2.97. The Morgan fingerprint density at radius 2 is 1.87 bits per heavy atom. The number of aliphatic hydroxyl groups excluding tert-OH is 1. The minimum Gasteiger partial charge on any atom is -0.488 e. The highest BCUT2D eigenvalue weighted by molar-refractivity contribution is 5.92. The summed E-state index contributed by atoms with van der Waals surface area (Å²) in [6, 6.07) is 14.9. The van der Waals surface area contributed by atoms with Crippen LogP contribution in [0.25, 0.3) is 0 Å². The van der Waals surface area contributed by atoms with Crippen LogP contribution in [-0.2, 0) is 22.4 Å². The molecule has 7 nitrogen and oxygen atoms in total. The molecule has 1 aliphatic heterocycles. The fourth-order valence-electron chi connectivity index (χ4n) is 5.90. The Labute approximate surface area is 233 Å². The van der Waals surface area contributed by atoms with Crippen molar-refractivity contribution in [2.45, 2.75) is 70.9 Å². The molecule has 39 heavy (non-hydrogen) atoms. The number of fused-ring (bicyclic) bond motifs is 1. The Balaban J connectivity index is 1.53. The number of hydrogen-bond acceptors (Lipinski definition) is 5. The Morgan fingerprint density at radius 1 is 1.13 bits per heavy atom. The fourth-order valence-corrected chi connectivity index (χ4v) is 5.90. The van der Waals surface area contributed by atoms with Crippen molar-refractivity contribution >= 4 is 17.5 Å². The lowest BCUT2D eigenvalue weighted by molar-refractivity contribution is -0.134. The molecule has 3 atom stereocenters. The van der Waals surface area contributed by atoms with E-state index in [2.05, 4.69) is 24.2 Å². The predicted octanol–water partition coefficient (Wildman–Crippen LogP) is 4.53. The normalized spacial score (nSPS) is 21.4. The van der Waals surface area contributed by atoms with E-state index in [0.29, 0.717) is 18.0 Å². The second-order valence-corrected chi connectivity index (χ2v) is 11.6. The second kappa shape index (κ2) is 13.9. The van der Waals surface area contributed by atoms with Crippen molar-refractivity contribution in [1.82, 2.24) is 9.80 Å². The molecule has 1 saturated carbocycles. The van der Waals surface area contributed by atoms with Gasteiger partial charge in [0.25, 0.3) is 0 Å². The number of nitrogens with one attached hydrogen (secondary N) is 1. The van der Waals surface area contributed by atoms with Gasteiger partial charge >= 0.3 is 0 Å². The summed E-state index contributed by atoms with van der Waals surface area (Å²) < 4.78 is 6.66. The van der Waals surface area contributed by atoms with E-state index >= 15 is 0 Å². The predicted molar refractivity (Wildman–Crippen MR) is 155 cm³/mol. The van der Waals surface area contributed by atoms with Gasteiger partial charge in [-0.25, -0.2) is 0 Å². The second-order valence-electron chi connectivity index (χ2n) is 11.6. The molecular weight excluding hydrogens is 490 g/mol. The van der Waals surface area contributed by atoms with Crippen molar-refractivity contribution in [3.05, 3.63) is 59.7 Å². The maximum Gasteiger partial charge on any atom is 0.228 e. The molecule has 2 aliphatic rings. The molecule has 1 aliphatic carbocycles. The maximum atomic E-state index is 13.5. The van der Waals surface area contributed by atoms with Crippen molar-refractivity contribution in [3.8, 4) is 5.75 Å². The van der Waals surface area contributed by atoms with Gasteiger partial charge in [-0.05, 0) is 56.5 Å². The first-order chi connectivity index (χ1) is 18.8. The number of amides is 2. The Kier molecular flexibility index (Phi) is 10.4. The largest absolute Gasteiger partial charge is 0.488 e. The first kappa shape index (κ1) is 29.1. The number of nitrogens with zero attached hydrogens (tertiary/aromatic N) is 2. The van der Waals surface area contributed by atoms with Crippen molar-refractivity contribution in [3.63, 3.8) is 0 Å². The summed E-state index contributed by atoms with van der Waals surface area (Å²) in [6.07, 6.45) is 6.90. The fraction of sp³-hybridized carbons (Fsp3) is 0.562. The number of carbonyl (C=O) groups is 2. The number of rotatable bonds is 9. The van der Waals surface area contributed by atoms with E-state index in [1.807, 2.05) is 55.5 Å². The zero-order chi connectivity index (χ0) is 27.8. The van der Waals surface area contributed by atoms with Crippen LogP contribution < -0.4 is 10.1 Å². The van der Waals surface area contributed by atoms with Gasteiger partial charge in [-0.3, -0.25) is 9.59 Å². The molecule has 0 saturated heterocycles. The van der Waals surface area contributed by atoms with Crippen LogP contribution in [0.5, 0.6) is 5.75 Å². The minimum absolute atomic E-state index is 0.0442. The molecule has 2 aromatic carbocycles. The summed E-state index contributed by atoms with van der Waals surface area (Å²) in [6.45, 7) is 6.27. The molecule has 1 fully saturated rings. The van der Waals surface area contributed by atoms with E-state index in [4.69, 9.17) is 4.74 Å². The van der Waals surface area contributed by atoms with Gasteiger partial charge in [0.1, 0.15) is 11.9 Å². The standard InChI is InChI=1S/C32H45N3O4/c1-23-19-35(24(2)22-36)32(38)18-27-17-28(33-31(37)16-25-10-6-4-7-11-25)14-15-29(27)39-30(23)21-34(3)20-26-12-8-5-9-13-26/h4,6-7,10-11,14-15,17,23-24,26,30,36H,5,8-9,12-13,16,18-22H2,1-3H3,(H,33,37)/t23-,24+,30+/m0/s1. The quantitative estimate of drug-likeness (QED) is 0.493. The summed E-state index contributed by atoms with van der Waals surface area (Å²) in [7, 11) is 2.17. The van der Waals surface area contributed by atoms with Gasteiger partial charge in [0, 0.05) is 36.8 Å². The minimum atomic E-state index is -0.282. The van der Waals surface area contributed by atoms with Crippen LogP contribution >= 0.6 is 0 Å². The van der Waals surface area contributed by atoms with Gasteiger partial charge in [-0.2, -0.15) is 0 Å². The van der Waals surface area contributed by atoms with Gasteiger partial charge in [0.2, 0.25) is 11.8 Å². The first-order valence-electron chi connectivity index (χ1n) is 14.5. The van der Waals surface area contributed by atoms with Gasteiger partial charge in [0.15, 0.2) is 0 Å². The number of benzene rings is 2. The van der Waals surface area contributed by atoms with E-state index in [1.54, 1.807) is 4.90 Å². The molecule has 2 N–H and O–H groups in total. The van der Waals surface area contributed by atoms with E-state index in [9.17, 15) is 14.7 Å². The number of carbonyl (C=O) groups excluding carboxylic acids is 2. The Morgan fingerprint density at radius 3 is 2.59 bits per heavy atom. The molecule has 2 aromatic rings. The molecule has 0 unspecified atom stereocenters. The van der Waals surface area contributed by atoms with Crippen LogP contribution in [-0.4, -0.2) is 72.2 Å². The van der Waals surface area contributed by atoms with Crippen molar-refractivity contribution in [2.24, 2.45) is 11.8 Å². The molecule has 212 valence electrons. The average molecular weight is 536 g/mol. The van der Waals surface area contributed by atoms with Crippen LogP contribution in [0.1, 0.15) is 57.1 Å². The van der Waals surface area contributed by atoms with E-state index < -0.39 is 0 Å². The summed E-state index contributed by atoms with van der Waals surface area (Å²) in [5, 5.41) is 12.9. The van der Waals surface area contributed by atoms with Gasteiger partial charge in [-0.1, -0.05) is 56.5 Å². The molecular formula is C32H45N3O4. The van der Waals surface area contributed by atoms with Gasteiger partial charge < -0.3 is 25.0 Å². The molecule has 2 amide bonds. The van der Waals surface area contributed by atoms with Crippen LogP contribution in [0.2, 0.25) is 0 Å². The smallest absolute Gasteiger partial charge is 0.228 e. The number of likely N-dealkylation sites (N-methyl/N-ethyl adjacent to an activating group) is 1. The lowest BCUT2D eigenvalue weighted by Gasteiger charge is -2.35. The Hall–Kier alpha value is -2.90. The molecule has 7 heteroatoms. The lowest BCUT2D eigenvalue weighted by atomic mass is 9.89. The molecule has 1 heterocycles. The van der Waals surface area contributed by atoms with Crippen molar-refractivity contribution in [2.75, 3.05) is 38.6 Å². The number of ether oxygens (including phenoxy) is 1. The van der Waals surface area contributed by atoms with Crippen molar-refractivity contribution in [1.29, 1.82) is 0 Å².